The van der Waals surface area contributed by atoms with Crippen LogP contribution in [0.2, 0.25) is 0 Å². The number of carbonyl (C=O) groups is 1. The van der Waals surface area contributed by atoms with Crippen molar-refractivity contribution in [1.29, 1.82) is 0 Å². The highest BCUT2D eigenvalue weighted by molar-refractivity contribution is 7.45. The first kappa shape index (κ1) is 50.0. The molecule has 51 heavy (non-hydrogen) atoms. The minimum atomic E-state index is -4.56. The van der Waals surface area contributed by atoms with Gasteiger partial charge in [0.05, 0.1) is 39.9 Å². The van der Waals surface area contributed by atoms with Gasteiger partial charge in [-0.1, -0.05) is 167 Å². The van der Waals surface area contributed by atoms with E-state index in [-0.39, 0.29) is 19.1 Å². The number of hydrogen-bond donors (Lipinski definition) is 2. The Balaban J connectivity index is 4.43. The summed E-state index contributed by atoms with van der Waals surface area (Å²) in [4.78, 5) is 25.3. The zero-order valence-electron chi connectivity index (χ0n) is 34.1. The third kappa shape index (κ3) is 37.1. The Morgan fingerprint density at radius 2 is 1.12 bits per heavy atom. The van der Waals surface area contributed by atoms with Gasteiger partial charge in [0.2, 0.25) is 5.91 Å². The summed E-state index contributed by atoms with van der Waals surface area (Å²) in [7, 11) is 1.29. The Bertz CT molecular complexity index is 891. The van der Waals surface area contributed by atoms with Gasteiger partial charge in [-0.05, 0) is 38.5 Å². The standard InChI is InChI=1S/C42H83N2O6P/c1-6-8-10-12-14-16-18-20-22-24-26-28-30-32-34-36-42(46)43-40(39-50-51(47,48)49-38-37-44(3,4)5)41(45)35-33-31-29-27-25-23-21-19-17-15-13-11-9-7-2/h14,16,18,20,40-41,45H,6-13,15,17,19,21-39H2,1-5H3,(H-,43,46,47,48)/b16-14-,20-18-. The second-order valence-corrected chi connectivity index (χ2v) is 17.1. The van der Waals surface area contributed by atoms with Crippen LogP contribution in [0.3, 0.4) is 0 Å². The van der Waals surface area contributed by atoms with E-state index in [0.717, 1.165) is 51.4 Å². The van der Waals surface area contributed by atoms with Crippen molar-refractivity contribution in [2.75, 3.05) is 40.9 Å². The molecule has 0 heterocycles. The number of nitrogens with zero attached hydrogens (tertiary/aromatic N) is 1. The van der Waals surface area contributed by atoms with Crippen LogP contribution in [0.5, 0.6) is 0 Å². The first-order valence-corrected chi connectivity index (χ1v) is 22.7. The highest BCUT2D eigenvalue weighted by atomic mass is 31.2. The van der Waals surface area contributed by atoms with E-state index >= 15 is 0 Å². The normalized spacial score (nSPS) is 14.7. The minimum absolute atomic E-state index is 0.0101. The molecule has 0 saturated carbocycles. The zero-order chi connectivity index (χ0) is 37.9. The summed E-state index contributed by atoms with van der Waals surface area (Å²) in [6, 6.07) is -0.803. The molecule has 0 fully saturated rings. The average molecular weight is 743 g/mol. The molecule has 0 spiro atoms. The van der Waals surface area contributed by atoms with Crippen LogP contribution in [-0.4, -0.2) is 68.5 Å². The van der Waals surface area contributed by atoms with E-state index < -0.39 is 20.0 Å². The van der Waals surface area contributed by atoms with Gasteiger partial charge in [-0.25, -0.2) is 0 Å². The van der Waals surface area contributed by atoms with Crippen LogP contribution in [-0.2, 0) is 18.4 Å². The van der Waals surface area contributed by atoms with Crippen LogP contribution < -0.4 is 10.2 Å². The summed E-state index contributed by atoms with van der Waals surface area (Å²) in [5.74, 6) is -0.178. The largest absolute Gasteiger partial charge is 0.756 e. The van der Waals surface area contributed by atoms with Gasteiger partial charge in [0.1, 0.15) is 13.2 Å². The maximum atomic E-state index is 12.8. The van der Waals surface area contributed by atoms with Crippen molar-refractivity contribution in [3.63, 3.8) is 0 Å². The lowest BCUT2D eigenvalue weighted by Gasteiger charge is -2.30. The molecular formula is C42H83N2O6P. The molecule has 0 radical (unpaired) electrons. The molecule has 302 valence electrons. The smallest absolute Gasteiger partial charge is 0.268 e. The molecule has 0 aliphatic carbocycles. The molecule has 0 aromatic heterocycles. The molecule has 0 rings (SSSR count). The third-order valence-corrected chi connectivity index (χ3v) is 10.4. The molecule has 2 N–H and O–H groups in total. The van der Waals surface area contributed by atoms with Crippen molar-refractivity contribution >= 4 is 13.7 Å². The molecule has 1 amide bonds. The SMILES string of the molecule is CCCCC/C=C\C=C/CCCCCCCCC(=O)NC(COP(=O)([O-])OCC[N+](C)(C)C)C(O)CCCCCCCCCCCCCCCC. The minimum Gasteiger partial charge on any atom is -0.756 e. The fourth-order valence-corrected chi connectivity index (χ4v) is 6.75. The summed E-state index contributed by atoms with van der Waals surface area (Å²) in [6.07, 6.45) is 38.8. The molecule has 0 aliphatic rings. The highest BCUT2D eigenvalue weighted by Crippen LogP contribution is 2.38. The number of quaternary nitrogens is 1. The molecule has 3 atom stereocenters. The zero-order valence-corrected chi connectivity index (χ0v) is 35.0. The van der Waals surface area contributed by atoms with E-state index in [1.54, 1.807) is 0 Å². The molecule has 0 aliphatic heterocycles. The summed E-state index contributed by atoms with van der Waals surface area (Å²) in [6.45, 7) is 4.67. The number of nitrogens with one attached hydrogen (secondary N) is 1. The van der Waals surface area contributed by atoms with E-state index in [1.165, 1.54) is 109 Å². The number of unbranched alkanes of at least 4 members (excludes halogenated alkanes) is 22. The second-order valence-electron chi connectivity index (χ2n) is 15.7. The lowest BCUT2D eigenvalue weighted by molar-refractivity contribution is -0.870. The van der Waals surface area contributed by atoms with Crippen LogP contribution in [0.4, 0.5) is 0 Å². The van der Waals surface area contributed by atoms with E-state index in [9.17, 15) is 19.4 Å². The van der Waals surface area contributed by atoms with Gasteiger partial charge in [0.25, 0.3) is 7.82 Å². The predicted molar refractivity (Wildman–Crippen MR) is 215 cm³/mol. The van der Waals surface area contributed by atoms with Gasteiger partial charge < -0.3 is 28.8 Å². The number of phosphoric acid groups is 1. The van der Waals surface area contributed by atoms with Gasteiger partial charge in [-0.3, -0.25) is 9.36 Å². The molecule has 0 saturated heterocycles. The van der Waals surface area contributed by atoms with Crippen LogP contribution in [0.25, 0.3) is 0 Å². The summed E-state index contributed by atoms with van der Waals surface area (Å²) in [5.41, 5.74) is 0. The summed E-state index contributed by atoms with van der Waals surface area (Å²) in [5, 5.41) is 13.9. The van der Waals surface area contributed by atoms with Crippen molar-refractivity contribution < 1.29 is 32.9 Å². The van der Waals surface area contributed by atoms with Crippen molar-refractivity contribution in [2.45, 2.75) is 199 Å². The summed E-state index contributed by atoms with van der Waals surface area (Å²) >= 11 is 0. The maximum Gasteiger partial charge on any atom is 0.268 e. The van der Waals surface area contributed by atoms with Crippen molar-refractivity contribution in [2.24, 2.45) is 0 Å². The van der Waals surface area contributed by atoms with Gasteiger partial charge in [-0.15, -0.1) is 0 Å². The lowest BCUT2D eigenvalue weighted by Crippen LogP contribution is -2.46. The fraction of sp³-hybridized carbons (Fsp3) is 0.881. The van der Waals surface area contributed by atoms with Gasteiger partial charge in [0, 0.05) is 6.42 Å². The summed E-state index contributed by atoms with van der Waals surface area (Å²) < 4.78 is 23.2. The quantitative estimate of drug-likeness (QED) is 0.0282. The third-order valence-electron chi connectivity index (χ3n) is 9.47. The molecule has 8 nitrogen and oxygen atoms in total. The number of likely N-dealkylation sites (N-methyl/N-ethyl adjacent to an activating group) is 1. The van der Waals surface area contributed by atoms with E-state index in [0.29, 0.717) is 23.9 Å². The lowest BCUT2D eigenvalue weighted by atomic mass is 10.0. The molecule has 3 unspecified atom stereocenters. The van der Waals surface area contributed by atoms with Gasteiger partial charge in [0.15, 0.2) is 0 Å². The monoisotopic (exact) mass is 743 g/mol. The van der Waals surface area contributed by atoms with Crippen LogP contribution in [0.1, 0.15) is 187 Å². The van der Waals surface area contributed by atoms with Crippen LogP contribution in [0, 0.1) is 0 Å². The van der Waals surface area contributed by atoms with Crippen molar-refractivity contribution in [1.82, 2.24) is 5.32 Å². The molecule has 0 bridgehead atoms. The highest BCUT2D eigenvalue weighted by Gasteiger charge is 2.24. The number of hydrogen-bond acceptors (Lipinski definition) is 6. The Morgan fingerprint density at radius 3 is 1.63 bits per heavy atom. The average Bonchev–Trinajstić information content (AvgIpc) is 3.07. The number of amides is 1. The van der Waals surface area contributed by atoms with Gasteiger partial charge in [-0.2, -0.15) is 0 Å². The maximum absolute atomic E-state index is 12.8. The Labute approximate surface area is 315 Å². The van der Waals surface area contributed by atoms with Gasteiger partial charge >= 0.3 is 0 Å². The van der Waals surface area contributed by atoms with E-state index in [2.05, 4.69) is 43.5 Å². The van der Waals surface area contributed by atoms with E-state index in [1.807, 2.05) is 21.1 Å². The van der Waals surface area contributed by atoms with Crippen molar-refractivity contribution in [3.05, 3.63) is 24.3 Å². The number of aliphatic hydroxyl groups excluding tert-OH is 1. The first-order valence-electron chi connectivity index (χ1n) is 21.2. The molecule has 0 aromatic carbocycles. The number of carbonyl (C=O) groups excluding carboxylic acids is 1. The number of aliphatic hydroxyl groups is 1. The number of rotatable bonds is 38. The predicted octanol–water partition coefficient (Wildman–Crippen LogP) is 10.7. The fourth-order valence-electron chi connectivity index (χ4n) is 6.03. The topological polar surface area (TPSA) is 108 Å². The Morgan fingerprint density at radius 1 is 0.686 bits per heavy atom. The van der Waals surface area contributed by atoms with E-state index in [4.69, 9.17) is 9.05 Å². The molecule has 9 heteroatoms. The molecular weight excluding hydrogens is 659 g/mol. The first-order chi connectivity index (χ1) is 24.5. The molecule has 0 aromatic rings. The number of allylic oxidation sites excluding steroid dienone is 4. The Hall–Kier alpha value is -1.02. The van der Waals surface area contributed by atoms with Crippen LogP contribution >= 0.6 is 7.82 Å². The second kappa shape index (κ2) is 34.7. The Kier molecular flexibility index (Phi) is 34.0. The van der Waals surface area contributed by atoms with Crippen LogP contribution in [0.15, 0.2) is 24.3 Å². The van der Waals surface area contributed by atoms with Crippen molar-refractivity contribution in [3.8, 4) is 0 Å². The number of phosphoric ester groups is 1.